The summed E-state index contributed by atoms with van der Waals surface area (Å²) in [6.07, 6.45) is 0. The van der Waals surface area contributed by atoms with Crippen LogP contribution in [0.5, 0.6) is 5.75 Å². The van der Waals surface area contributed by atoms with E-state index < -0.39 is 0 Å². The summed E-state index contributed by atoms with van der Waals surface area (Å²) >= 11 is 7.29. The number of hydrogen-bond acceptors (Lipinski definition) is 3. The Bertz CT molecular complexity index is 510. The molecule has 0 unspecified atom stereocenters. The lowest BCUT2D eigenvalue weighted by Gasteiger charge is -2.09. The molecule has 0 saturated heterocycles. The predicted molar refractivity (Wildman–Crippen MR) is 71.9 cm³/mol. The van der Waals surface area contributed by atoms with Gasteiger partial charge in [-0.25, -0.2) is 4.98 Å². The second-order valence-corrected chi connectivity index (χ2v) is 5.06. The molecular weight excluding hydrogens is 254 g/mol. The molecule has 2 aromatic rings. The molecule has 1 aromatic heterocycles. The van der Waals surface area contributed by atoms with Crippen molar-refractivity contribution in [2.75, 3.05) is 0 Å². The number of aromatic nitrogens is 1. The minimum Gasteiger partial charge on any atom is -0.486 e. The highest BCUT2D eigenvalue weighted by Crippen LogP contribution is 2.22. The fraction of sp³-hybridized carbons (Fsp3) is 0.308. The third-order valence-corrected chi connectivity index (χ3v) is 3.79. The van der Waals surface area contributed by atoms with Gasteiger partial charge in [-0.15, -0.1) is 22.9 Å². The highest BCUT2D eigenvalue weighted by Gasteiger charge is 2.05. The highest BCUT2D eigenvalue weighted by atomic mass is 35.5. The lowest BCUT2D eigenvalue weighted by atomic mass is 10.1. The first kappa shape index (κ1) is 12.4. The molecule has 0 atom stereocenters. The Labute approximate surface area is 110 Å². The molecule has 0 amide bonds. The Hall–Kier alpha value is -1.06. The molecule has 17 heavy (non-hydrogen) atoms. The molecule has 90 valence electrons. The summed E-state index contributed by atoms with van der Waals surface area (Å²) in [5.41, 5.74) is 3.33. The maximum absolute atomic E-state index is 5.77. The first-order valence-corrected chi connectivity index (χ1v) is 6.80. The first-order valence-electron chi connectivity index (χ1n) is 5.39. The van der Waals surface area contributed by atoms with E-state index in [9.17, 15) is 0 Å². The van der Waals surface area contributed by atoms with Crippen LogP contribution in [0.15, 0.2) is 23.6 Å². The van der Waals surface area contributed by atoms with E-state index >= 15 is 0 Å². The van der Waals surface area contributed by atoms with Crippen molar-refractivity contribution in [3.05, 3.63) is 45.4 Å². The highest BCUT2D eigenvalue weighted by molar-refractivity contribution is 7.09. The van der Waals surface area contributed by atoms with Gasteiger partial charge in [-0.2, -0.15) is 0 Å². The van der Waals surface area contributed by atoms with E-state index in [0.717, 1.165) is 16.5 Å². The van der Waals surface area contributed by atoms with Gasteiger partial charge in [0.05, 0.1) is 11.6 Å². The second-order valence-electron chi connectivity index (χ2n) is 3.85. The molecule has 1 heterocycles. The maximum Gasteiger partial charge on any atom is 0.140 e. The first-order chi connectivity index (χ1) is 8.20. The van der Waals surface area contributed by atoms with E-state index in [1.54, 1.807) is 11.3 Å². The molecule has 0 N–H and O–H groups in total. The third kappa shape index (κ3) is 2.99. The predicted octanol–water partition coefficient (Wildman–Crippen LogP) is 4.08. The zero-order valence-electron chi connectivity index (χ0n) is 9.87. The monoisotopic (exact) mass is 267 g/mol. The van der Waals surface area contributed by atoms with Gasteiger partial charge in [0.2, 0.25) is 0 Å². The topological polar surface area (TPSA) is 22.1 Å². The van der Waals surface area contributed by atoms with Crippen molar-refractivity contribution in [2.24, 2.45) is 0 Å². The van der Waals surface area contributed by atoms with Crippen LogP contribution in [0.2, 0.25) is 0 Å². The SMILES string of the molecule is Cc1cccc(OCc2nc(CCl)cs2)c1C. The zero-order valence-corrected chi connectivity index (χ0v) is 11.4. The van der Waals surface area contributed by atoms with Crippen molar-refractivity contribution in [1.29, 1.82) is 0 Å². The van der Waals surface area contributed by atoms with Gasteiger partial charge < -0.3 is 4.74 Å². The molecule has 1 aromatic carbocycles. The molecule has 0 aliphatic rings. The Morgan fingerprint density at radius 2 is 2.18 bits per heavy atom. The maximum atomic E-state index is 5.77. The van der Waals surface area contributed by atoms with Crippen molar-refractivity contribution in [1.82, 2.24) is 4.98 Å². The van der Waals surface area contributed by atoms with Crippen molar-refractivity contribution in [2.45, 2.75) is 26.3 Å². The summed E-state index contributed by atoms with van der Waals surface area (Å²) in [6, 6.07) is 6.07. The quantitative estimate of drug-likeness (QED) is 0.779. The van der Waals surface area contributed by atoms with Gasteiger partial charge >= 0.3 is 0 Å². The number of nitrogens with zero attached hydrogens (tertiary/aromatic N) is 1. The lowest BCUT2D eigenvalue weighted by molar-refractivity contribution is 0.303. The number of aryl methyl sites for hydroxylation is 1. The van der Waals surface area contributed by atoms with Crippen molar-refractivity contribution >= 4 is 22.9 Å². The van der Waals surface area contributed by atoms with Crippen molar-refractivity contribution in [3.8, 4) is 5.75 Å². The third-order valence-electron chi connectivity index (χ3n) is 2.64. The fourth-order valence-corrected chi connectivity index (χ4v) is 2.43. The Balaban J connectivity index is 2.04. The number of ether oxygens (including phenoxy) is 1. The zero-order chi connectivity index (χ0) is 12.3. The minimum absolute atomic E-state index is 0.458. The molecule has 0 radical (unpaired) electrons. The minimum atomic E-state index is 0.458. The second kappa shape index (κ2) is 5.52. The van der Waals surface area contributed by atoms with E-state index in [1.165, 1.54) is 11.1 Å². The number of hydrogen-bond donors (Lipinski definition) is 0. The molecule has 2 rings (SSSR count). The van der Waals surface area contributed by atoms with E-state index in [4.69, 9.17) is 16.3 Å². The molecule has 0 aliphatic carbocycles. The average Bonchev–Trinajstić information content (AvgIpc) is 2.79. The summed E-state index contributed by atoms with van der Waals surface area (Å²) < 4.78 is 5.77. The smallest absolute Gasteiger partial charge is 0.140 e. The van der Waals surface area contributed by atoms with Gasteiger partial charge in [0.1, 0.15) is 17.4 Å². The van der Waals surface area contributed by atoms with Crippen LogP contribution in [0.25, 0.3) is 0 Å². The summed E-state index contributed by atoms with van der Waals surface area (Å²) in [5.74, 6) is 1.38. The van der Waals surface area contributed by atoms with E-state index in [0.29, 0.717) is 12.5 Å². The molecular formula is C13H14ClNOS. The van der Waals surface area contributed by atoms with Crippen LogP contribution in [-0.4, -0.2) is 4.98 Å². The Kier molecular flexibility index (Phi) is 4.02. The largest absolute Gasteiger partial charge is 0.486 e. The van der Waals surface area contributed by atoms with Gasteiger partial charge in [-0.1, -0.05) is 12.1 Å². The van der Waals surface area contributed by atoms with Gasteiger partial charge in [0, 0.05) is 5.38 Å². The molecule has 0 spiro atoms. The molecule has 4 heteroatoms. The van der Waals surface area contributed by atoms with Crippen molar-refractivity contribution in [3.63, 3.8) is 0 Å². The van der Waals surface area contributed by atoms with Crippen molar-refractivity contribution < 1.29 is 4.74 Å². The number of benzene rings is 1. The number of thiazole rings is 1. The van der Waals surface area contributed by atoms with E-state index in [2.05, 4.69) is 24.9 Å². The Morgan fingerprint density at radius 1 is 1.35 bits per heavy atom. The summed E-state index contributed by atoms with van der Waals surface area (Å²) in [4.78, 5) is 4.36. The molecule has 0 bridgehead atoms. The fourth-order valence-electron chi connectivity index (χ4n) is 1.50. The lowest BCUT2D eigenvalue weighted by Crippen LogP contribution is -1.97. The summed E-state index contributed by atoms with van der Waals surface area (Å²) in [7, 11) is 0. The molecule has 0 fully saturated rings. The van der Waals surface area contributed by atoms with Gasteiger partial charge in [-0.05, 0) is 31.0 Å². The van der Waals surface area contributed by atoms with Crippen LogP contribution in [-0.2, 0) is 12.5 Å². The molecule has 0 aliphatic heterocycles. The van der Waals surface area contributed by atoms with Crippen LogP contribution >= 0.6 is 22.9 Å². The standard InChI is InChI=1S/C13H14ClNOS/c1-9-4-3-5-12(10(9)2)16-7-13-15-11(6-14)8-17-13/h3-5,8H,6-7H2,1-2H3. The number of alkyl halides is 1. The Morgan fingerprint density at radius 3 is 2.88 bits per heavy atom. The van der Waals surface area contributed by atoms with Crippen LogP contribution < -0.4 is 4.74 Å². The molecule has 0 saturated carbocycles. The summed E-state index contributed by atoms with van der Waals surface area (Å²) in [6.45, 7) is 4.65. The van der Waals surface area contributed by atoms with Gasteiger partial charge in [0.25, 0.3) is 0 Å². The van der Waals surface area contributed by atoms with Gasteiger partial charge in [0.15, 0.2) is 0 Å². The van der Waals surface area contributed by atoms with E-state index in [1.807, 2.05) is 17.5 Å². The number of rotatable bonds is 4. The normalized spacial score (nSPS) is 10.5. The van der Waals surface area contributed by atoms with Gasteiger partial charge in [-0.3, -0.25) is 0 Å². The molecule has 2 nitrogen and oxygen atoms in total. The average molecular weight is 268 g/mol. The van der Waals surface area contributed by atoms with Crippen LogP contribution in [0.4, 0.5) is 0 Å². The van der Waals surface area contributed by atoms with E-state index in [-0.39, 0.29) is 0 Å². The van der Waals surface area contributed by atoms with Crippen LogP contribution in [0.3, 0.4) is 0 Å². The number of halogens is 1. The van der Waals surface area contributed by atoms with Crippen LogP contribution in [0.1, 0.15) is 21.8 Å². The van der Waals surface area contributed by atoms with Crippen LogP contribution in [0, 0.1) is 13.8 Å². The summed E-state index contributed by atoms with van der Waals surface area (Å²) in [5, 5.41) is 2.93.